The number of esters is 1. The largest absolute Gasteiger partial charge is 0.481 e. The summed E-state index contributed by atoms with van der Waals surface area (Å²) in [5.74, 6) is -6.80. The molecule has 28 heteroatoms. The van der Waals surface area contributed by atoms with E-state index < -0.39 is 103 Å². The fourth-order valence-electron chi connectivity index (χ4n) is 5.92. The molecule has 0 saturated heterocycles. The van der Waals surface area contributed by atoms with Crippen molar-refractivity contribution in [2.24, 2.45) is 0 Å². The highest BCUT2D eigenvalue weighted by atomic mass is 33.1. The van der Waals surface area contributed by atoms with Gasteiger partial charge in [0.1, 0.15) is 18.7 Å². The number of hydrogen-bond donors (Lipinski definition) is 14. The molecule has 0 aliphatic carbocycles. The summed E-state index contributed by atoms with van der Waals surface area (Å²) < 4.78 is 5.16. The second kappa shape index (κ2) is 28.9. The molecule has 0 aliphatic heterocycles. The van der Waals surface area contributed by atoms with Crippen molar-refractivity contribution in [2.45, 2.75) is 101 Å². The van der Waals surface area contributed by atoms with Crippen molar-refractivity contribution in [3.05, 3.63) is 52.1 Å². The number of nitrogens with one attached hydrogen (secondary N) is 6. The summed E-state index contributed by atoms with van der Waals surface area (Å²) in [5, 5.41) is 80.1. The van der Waals surface area contributed by atoms with Gasteiger partial charge in [-0.05, 0) is 50.5 Å². The standard InChI is InChI=1S/C40H56N10O16S2/c1-20(2-10-31(56)57)45-25(7-9-30(55)43-17-29(54)28(53)14-24(52)18-51)36(60)48-27(39(64)65)19-68-67-13-12-66-32(58)11-8-26(38(62)63)47-35(59)21-3-5-22(6-4-21)42-15-23-16-44-34-33(46-23)37(61)50-40(41)49-34/h3-6,16,20,24-29,42,45,51-54H,2,7-15,17-19H2,1H3,(H,43,55)(H,47,59)(H,48,60)(H,56,57)(H,62,63)(H,64,65)(H3,41,44,49,50,61)/t20-,24-,25-,26-,27-,28-,29?/m0/s1. The molecule has 2 aromatic heterocycles. The summed E-state index contributed by atoms with van der Waals surface area (Å²) in [4.78, 5) is 113. The third-order valence-electron chi connectivity index (χ3n) is 9.64. The number of ether oxygens (including phenoxy) is 1. The van der Waals surface area contributed by atoms with Crippen molar-refractivity contribution in [3.8, 4) is 0 Å². The van der Waals surface area contributed by atoms with Crippen molar-refractivity contribution in [3.63, 3.8) is 0 Å². The van der Waals surface area contributed by atoms with Crippen molar-refractivity contribution < 1.29 is 74.0 Å². The predicted molar refractivity (Wildman–Crippen MR) is 245 cm³/mol. The predicted octanol–water partition coefficient (Wildman–Crippen LogP) is -2.06. The normalized spacial score (nSPS) is 14.3. The van der Waals surface area contributed by atoms with E-state index in [2.05, 4.69) is 46.5 Å². The first kappa shape index (κ1) is 56.2. The number of carbonyl (C=O) groups excluding carboxylic acids is 4. The number of carboxylic acids is 3. The van der Waals surface area contributed by atoms with Crippen LogP contribution >= 0.6 is 21.6 Å². The van der Waals surface area contributed by atoms with Crippen LogP contribution in [0.4, 0.5) is 11.6 Å². The summed E-state index contributed by atoms with van der Waals surface area (Å²) in [6.07, 6.45) is -4.38. The van der Waals surface area contributed by atoms with Gasteiger partial charge in [0.15, 0.2) is 11.2 Å². The molecule has 0 fully saturated rings. The summed E-state index contributed by atoms with van der Waals surface area (Å²) in [6.45, 7) is 0.583. The molecule has 3 rings (SSSR count). The number of carbonyl (C=O) groups is 7. The van der Waals surface area contributed by atoms with E-state index in [4.69, 9.17) is 20.7 Å². The van der Waals surface area contributed by atoms with Gasteiger partial charge in [-0.2, -0.15) is 4.98 Å². The number of aliphatic carboxylic acids is 3. The number of amides is 3. The minimum Gasteiger partial charge on any atom is -0.481 e. The number of aromatic amines is 1. The van der Waals surface area contributed by atoms with Crippen LogP contribution in [0, 0.1) is 0 Å². The van der Waals surface area contributed by atoms with Gasteiger partial charge in [0, 0.05) is 61.0 Å². The van der Waals surface area contributed by atoms with Crippen LogP contribution in [0.25, 0.3) is 11.2 Å². The van der Waals surface area contributed by atoms with E-state index in [1.165, 1.54) is 18.3 Å². The smallest absolute Gasteiger partial charge is 0.327 e. The molecule has 0 radical (unpaired) electrons. The van der Waals surface area contributed by atoms with Crippen molar-refractivity contribution in [1.82, 2.24) is 41.2 Å². The molecular weight excluding hydrogens is 941 g/mol. The molecule has 0 aliphatic rings. The molecule has 3 aromatic rings. The highest BCUT2D eigenvalue weighted by Crippen LogP contribution is 2.22. The molecule has 0 spiro atoms. The zero-order chi connectivity index (χ0) is 50.3. The fourth-order valence-corrected chi connectivity index (χ4v) is 7.90. The first-order valence-corrected chi connectivity index (χ1v) is 23.5. The van der Waals surface area contributed by atoms with Crippen molar-refractivity contribution in [1.29, 1.82) is 0 Å². The van der Waals surface area contributed by atoms with Crippen LogP contribution in [0.3, 0.4) is 0 Å². The second-order valence-corrected chi connectivity index (χ2v) is 17.8. The number of rotatable bonds is 32. The highest BCUT2D eigenvalue weighted by molar-refractivity contribution is 8.76. The quantitative estimate of drug-likeness (QED) is 0.0182. The average molecular weight is 997 g/mol. The monoisotopic (exact) mass is 996 g/mol. The number of aromatic nitrogens is 4. The van der Waals surface area contributed by atoms with E-state index in [1.807, 2.05) is 0 Å². The van der Waals surface area contributed by atoms with Crippen LogP contribution < -0.4 is 37.9 Å². The molecule has 26 nitrogen and oxygen atoms in total. The lowest BCUT2D eigenvalue weighted by molar-refractivity contribution is -0.144. The topological polar surface area (TPSA) is 428 Å². The number of nitrogen functional groups attached to an aromatic ring is 1. The zero-order valence-corrected chi connectivity index (χ0v) is 38.3. The zero-order valence-electron chi connectivity index (χ0n) is 36.7. The highest BCUT2D eigenvalue weighted by Gasteiger charge is 2.28. The number of aliphatic hydroxyl groups is 4. The van der Waals surface area contributed by atoms with Crippen LogP contribution in [0.2, 0.25) is 0 Å². The third kappa shape index (κ3) is 20.4. The number of hydrogen-bond acceptors (Lipinski definition) is 21. The number of nitrogens with zero attached hydrogens (tertiary/aromatic N) is 3. The molecule has 15 N–H and O–H groups in total. The first-order chi connectivity index (χ1) is 32.3. The van der Waals surface area contributed by atoms with E-state index in [0.29, 0.717) is 11.4 Å². The molecule has 374 valence electrons. The van der Waals surface area contributed by atoms with Crippen LogP contribution in [0.1, 0.15) is 67.9 Å². The molecule has 7 atom stereocenters. The van der Waals surface area contributed by atoms with Gasteiger partial charge in [-0.25, -0.2) is 19.6 Å². The Balaban J connectivity index is 1.41. The van der Waals surface area contributed by atoms with Gasteiger partial charge in [-0.3, -0.25) is 33.8 Å². The van der Waals surface area contributed by atoms with Crippen LogP contribution in [0.15, 0.2) is 35.3 Å². The SMILES string of the molecule is C[C@@H](CCC(=O)O)N[C@@H](CCC(=O)NCC(O)[C@@H](O)C[C@H](O)CO)C(=O)N[C@@H](CSSCCOC(=O)CC[C@H](NC(=O)c1ccc(NCc2cnc3nc(N)[nH]c(=O)c3n2)cc1)C(=O)O)C(=O)O. The van der Waals surface area contributed by atoms with E-state index in [9.17, 15) is 63.9 Å². The molecule has 2 heterocycles. The lowest BCUT2D eigenvalue weighted by Crippen LogP contribution is -2.53. The number of fused-ring (bicyclic) bond motifs is 1. The van der Waals surface area contributed by atoms with E-state index in [1.54, 1.807) is 19.1 Å². The maximum Gasteiger partial charge on any atom is 0.327 e. The van der Waals surface area contributed by atoms with Gasteiger partial charge in [0.2, 0.25) is 17.8 Å². The maximum absolute atomic E-state index is 13.3. The molecule has 1 aromatic carbocycles. The van der Waals surface area contributed by atoms with Gasteiger partial charge in [0.05, 0.1) is 49.4 Å². The minimum absolute atomic E-state index is 0.0102. The Morgan fingerprint density at radius 2 is 1.54 bits per heavy atom. The second-order valence-electron chi connectivity index (χ2n) is 15.1. The van der Waals surface area contributed by atoms with Gasteiger partial charge in [-0.15, -0.1) is 0 Å². The van der Waals surface area contributed by atoms with Gasteiger partial charge < -0.3 is 72.8 Å². The average Bonchev–Trinajstić information content (AvgIpc) is 3.29. The number of H-pyrrole nitrogens is 1. The van der Waals surface area contributed by atoms with Gasteiger partial charge in [0.25, 0.3) is 11.5 Å². The lowest BCUT2D eigenvalue weighted by atomic mass is 10.1. The fraction of sp³-hybridized carbons (Fsp3) is 0.525. The maximum atomic E-state index is 13.3. The Morgan fingerprint density at radius 3 is 2.21 bits per heavy atom. The number of aliphatic hydroxyl groups excluding tert-OH is 4. The summed E-state index contributed by atoms with van der Waals surface area (Å²) in [5.41, 5.74) is 6.20. The van der Waals surface area contributed by atoms with E-state index >= 15 is 0 Å². The van der Waals surface area contributed by atoms with E-state index in [-0.39, 0.29) is 92.3 Å². The van der Waals surface area contributed by atoms with Gasteiger partial charge in [-0.1, -0.05) is 21.6 Å². The Bertz CT molecular complexity index is 2240. The van der Waals surface area contributed by atoms with Crippen LogP contribution in [-0.4, -0.2) is 171 Å². The third-order valence-corrected chi connectivity index (χ3v) is 12.0. The molecule has 0 saturated carbocycles. The summed E-state index contributed by atoms with van der Waals surface area (Å²) in [7, 11) is 2.16. The molecular formula is C40H56N10O16S2. The van der Waals surface area contributed by atoms with Crippen molar-refractivity contribution >= 4 is 86.0 Å². The number of carboxylic acid groups (broad SMARTS) is 3. The van der Waals surface area contributed by atoms with Gasteiger partial charge >= 0.3 is 23.9 Å². The van der Waals surface area contributed by atoms with Crippen LogP contribution in [0.5, 0.6) is 0 Å². The number of anilines is 2. The Kier molecular flexibility index (Phi) is 23.9. The Morgan fingerprint density at radius 1 is 0.853 bits per heavy atom. The molecule has 0 bridgehead atoms. The molecule has 68 heavy (non-hydrogen) atoms. The molecule has 3 amide bonds. The Hall–Kier alpha value is -6.17. The number of nitrogens with two attached hydrogens (primary N) is 1. The summed E-state index contributed by atoms with van der Waals surface area (Å²) in [6, 6.07) is 1.50. The first-order valence-electron chi connectivity index (χ1n) is 21.0. The molecule has 1 unspecified atom stereocenters. The van der Waals surface area contributed by atoms with Crippen molar-refractivity contribution in [2.75, 3.05) is 42.3 Å². The number of benzene rings is 1. The van der Waals surface area contributed by atoms with Crippen LogP contribution in [-0.2, 0) is 40.0 Å². The summed E-state index contributed by atoms with van der Waals surface area (Å²) >= 11 is 0. The Labute approximate surface area is 395 Å². The minimum atomic E-state index is -1.48. The lowest BCUT2D eigenvalue weighted by Gasteiger charge is -2.24. The van der Waals surface area contributed by atoms with E-state index in [0.717, 1.165) is 21.6 Å².